The summed E-state index contributed by atoms with van der Waals surface area (Å²) in [5.74, 6) is 5.55. The number of nitrogens with one attached hydrogen (secondary N) is 1. The van der Waals surface area contributed by atoms with Crippen LogP contribution in [0.2, 0.25) is 0 Å². The molecule has 0 radical (unpaired) electrons. The van der Waals surface area contributed by atoms with Crippen LogP contribution in [0.5, 0.6) is 0 Å². The van der Waals surface area contributed by atoms with Crippen molar-refractivity contribution in [3.8, 4) is 11.8 Å². The third kappa shape index (κ3) is 6.70. The van der Waals surface area contributed by atoms with Gasteiger partial charge in [0.25, 0.3) is 5.69 Å². The largest absolute Gasteiger partial charge is 0.444 e. The number of alkyl carbamates (subject to hydrolysis) is 1. The Morgan fingerprint density at radius 3 is 2.52 bits per heavy atom. The first-order valence-electron chi connectivity index (χ1n) is 7.01. The normalized spacial score (nSPS) is 10.3. The predicted octanol–water partition coefficient (Wildman–Crippen LogP) is 2.54. The van der Waals surface area contributed by atoms with E-state index in [0.717, 1.165) is 0 Å². The standard InChI is InChI=1S/C16H21N3O4/c1-16(2,3)23-15(20)17-8-6-7-12-9-13(18(4)5)11-14(10-12)19(21)22/h9-11H,8H2,1-5H3,(H,17,20). The molecule has 1 amide bonds. The van der Waals surface area contributed by atoms with Gasteiger partial charge >= 0.3 is 6.09 Å². The molecule has 0 bridgehead atoms. The summed E-state index contributed by atoms with van der Waals surface area (Å²) in [7, 11) is 3.58. The van der Waals surface area contributed by atoms with Crippen LogP contribution < -0.4 is 10.2 Å². The van der Waals surface area contributed by atoms with E-state index in [1.54, 1.807) is 45.8 Å². The van der Waals surface area contributed by atoms with Gasteiger partial charge in [-0.1, -0.05) is 11.8 Å². The summed E-state index contributed by atoms with van der Waals surface area (Å²) >= 11 is 0. The maximum Gasteiger partial charge on any atom is 0.408 e. The summed E-state index contributed by atoms with van der Waals surface area (Å²) in [5.41, 5.74) is 0.594. The maximum atomic E-state index is 11.5. The van der Waals surface area contributed by atoms with Crippen molar-refractivity contribution in [1.82, 2.24) is 5.32 Å². The number of carbonyl (C=O) groups is 1. The number of carbonyl (C=O) groups excluding carboxylic acids is 1. The molecule has 0 spiro atoms. The van der Waals surface area contributed by atoms with Crippen LogP contribution >= 0.6 is 0 Å². The number of rotatable bonds is 3. The van der Waals surface area contributed by atoms with Crippen LogP contribution in [0.15, 0.2) is 18.2 Å². The van der Waals surface area contributed by atoms with Crippen molar-refractivity contribution in [2.75, 3.05) is 25.5 Å². The highest BCUT2D eigenvalue weighted by atomic mass is 16.6. The van der Waals surface area contributed by atoms with Crippen LogP contribution in [0, 0.1) is 22.0 Å². The monoisotopic (exact) mass is 319 g/mol. The van der Waals surface area contributed by atoms with Crippen molar-refractivity contribution < 1.29 is 14.5 Å². The Labute approximate surface area is 135 Å². The minimum Gasteiger partial charge on any atom is -0.444 e. The molecule has 1 aromatic rings. The molecular formula is C16H21N3O4. The van der Waals surface area contributed by atoms with Crippen LogP contribution in [0.1, 0.15) is 26.3 Å². The number of hydrogen-bond acceptors (Lipinski definition) is 5. The average molecular weight is 319 g/mol. The lowest BCUT2D eigenvalue weighted by Gasteiger charge is -2.19. The van der Waals surface area contributed by atoms with Gasteiger partial charge in [0.05, 0.1) is 11.5 Å². The molecule has 0 saturated heterocycles. The Kier molecular flexibility index (Phi) is 5.96. The number of amides is 1. The molecule has 0 aliphatic rings. The first kappa shape index (κ1) is 18.3. The van der Waals surface area contributed by atoms with Crippen LogP contribution in [0.25, 0.3) is 0 Å². The lowest BCUT2D eigenvalue weighted by atomic mass is 10.1. The van der Waals surface area contributed by atoms with Gasteiger partial charge in [0.2, 0.25) is 0 Å². The molecule has 0 aliphatic carbocycles. The topological polar surface area (TPSA) is 84.7 Å². The van der Waals surface area contributed by atoms with E-state index in [1.807, 2.05) is 0 Å². The highest BCUT2D eigenvalue weighted by Crippen LogP contribution is 2.22. The zero-order chi connectivity index (χ0) is 17.6. The van der Waals surface area contributed by atoms with Crippen molar-refractivity contribution in [2.24, 2.45) is 0 Å². The van der Waals surface area contributed by atoms with Crippen molar-refractivity contribution in [3.05, 3.63) is 33.9 Å². The first-order chi connectivity index (χ1) is 10.6. The Balaban J connectivity index is 2.78. The smallest absolute Gasteiger partial charge is 0.408 e. The van der Waals surface area contributed by atoms with Crippen molar-refractivity contribution in [1.29, 1.82) is 0 Å². The van der Waals surface area contributed by atoms with E-state index in [-0.39, 0.29) is 12.2 Å². The van der Waals surface area contributed by atoms with Gasteiger partial charge in [0.15, 0.2) is 0 Å². The third-order valence-electron chi connectivity index (χ3n) is 2.58. The van der Waals surface area contributed by atoms with Gasteiger partial charge in [0, 0.05) is 37.5 Å². The molecule has 0 aromatic heterocycles. The lowest BCUT2D eigenvalue weighted by molar-refractivity contribution is -0.384. The minimum absolute atomic E-state index is 0.0272. The zero-order valence-corrected chi connectivity index (χ0v) is 14.0. The molecule has 0 fully saturated rings. The fraction of sp³-hybridized carbons (Fsp3) is 0.438. The van der Waals surface area contributed by atoms with Crippen molar-refractivity contribution in [2.45, 2.75) is 26.4 Å². The lowest BCUT2D eigenvalue weighted by Crippen LogP contribution is -2.32. The van der Waals surface area contributed by atoms with Gasteiger partial charge < -0.3 is 15.0 Å². The third-order valence-corrected chi connectivity index (χ3v) is 2.58. The molecule has 23 heavy (non-hydrogen) atoms. The fourth-order valence-electron chi connectivity index (χ4n) is 1.61. The van der Waals surface area contributed by atoms with E-state index in [1.165, 1.54) is 12.1 Å². The molecule has 0 atom stereocenters. The molecule has 1 aromatic carbocycles. The molecular weight excluding hydrogens is 298 g/mol. The zero-order valence-electron chi connectivity index (χ0n) is 14.0. The van der Waals surface area contributed by atoms with E-state index in [2.05, 4.69) is 17.2 Å². The van der Waals surface area contributed by atoms with E-state index in [4.69, 9.17) is 4.74 Å². The average Bonchev–Trinajstić information content (AvgIpc) is 2.41. The molecule has 1 N–H and O–H groups in total. The molecule has 7 heteroatoms. The van der Waals surface area contributed by atoms with Gasteiger partial charge in [-0.25, -0.2) is 4.79 Å². The molecule has 0 saturated carbocycles. The summed E-state index contributed by atoms with van der Waals surface area (Å²) in [6.45, 7) is 5.40. The quantitative estimate of drug-likeness (QED) is 0.526. The van der Waals surface area contributed by atoms with Crippen LogP contribution in [-0.2, 0) is 4.74 Å². The van der Waals surface area contributed by atoms with E-state index in [0.29, 0.717) is 11.3 Å². The Morgan fingerprint density at radius 1 is 1.35 bits per heavy atom. The first-order valence-corrected chi connectivity index (χ1v) is 7.01. The van der Waals surface area contributed by atoms with Gasteiger partial charge in [-0.3, -0.25) is 10.1 Å². The molecule has 124 valence electrons. The molecule has 1 rings (SSSR count). The van der Waals surface area contributed by atoms with Crippen molar-refractivity contribution >= 4 is 17.5 Å². The number of nitro groups is 1. The number of nitrogens with zero attached hydrogens (tertiary/aromatic N) is 2. The highest BCUT2D eigenvalue weighted by Gasteiger charge is 2.15. The minimum atomic E-state index is -0.571. The fourth-order valence-corrected chi connectivity index (χ4v) is 1.61. The van der Waals surface area contributed by atoms with Crippen LogP contribution in [-0.4, -0.2) is 37.3 Å². The van der Waals surface area contributed by atoms with Gasteiger partial charge in [0.1, 0.15) is 5.60 Å². The second-order valence-electron chi connectivity index (χ2n) is 6.05. The summed E-state index contributed by atoms with van der Waals surface area (Å²) in [6.07, 6.45) is -0.556. The summed E-state index contributed by atoms with van der Waals surface area (Å²) < 4.78 is 5.08. The Hall–Kier alpha value is -2.75. The molecule has 7 nitrogen and oxygen atoms in total. The number of anilines is 1. The second-order valence-corrected chi connectivity index (χ2v) is 6.05. The second kappa shape index (κ2) is 7.49. The predicted molar refractivity (Wildman–Crippen MR) is 88.5 cm³/mol. The Bertz CT molecular complexity index is 652. The Morgan fingerprint density at radius 2 is 2.00 bits per heavy atom. The number of hydrogen-bond donors (Lipinski definition) is 1. The number of benzene rings is 1. The van der Waals surface area contributed by atoms with Crippen LogP contribution in [0.4, 0.5) is 16.2 Å². The van der Waals surface area contributed by atoms with Crippen LogP contribution in [0.3, 0.4) is 0 Å². The highest BCUT2D eigenvalue weighted by molar-refractivity contribution is 5.68. The SMILES string of the molecule is CN(C)c1cc(C#CCNC(=O)OC(C)(C)C)cc([N+](=O)[O-])c1. The van der Waals surface area contributed by atoms with E-state index >= 15 is 0 Å². The summed E-state index contributed by atoms with van der Waals surface area (Å²) in [4.78, 5) is 23.7. The van der Waals surface area contributed by atoms with Crippen molar-refractivity contribution in [3.63, 3.8) is 0 Å². The summed E-state index contributed by atoms with van der Waals surface area (Å²) in [5, 5.41) is 13.5. The van der Waals surface area contributed by atoms with E-state index in [9.17, 15) is 14.9 Å². The molecule has 0 heterocycles. The molecule has 0 aliphatic heterocycles. The number of ether oxygens (including phenoxy) is 1. The van der Waals surface area contributed by atoms with E-state index < -0.39 is 16.6 Å². The van der Waals surface area contributed by atoms with Gasteiger partial charge in [-0.15, -0.1) is 0 Å². The van der Waals surface area contributed by atoms with Gasteiger partial charge in [-0.05, 0) is 26.8 Å². The molecule has 0 unspecified atom stereocenters. The number of non-ortho nitro benzene ring substituents is 1. The summed E-state index contributed by atoms with van der Waals surface area (Å²) in [6, 6.07) is 4.62. The maximum absolute atomic E-state index is 11.5. The van der Waals surface area contributed by atoms with Gasteiger partial charge in [-0.2, -0.15) is 0 Å². The number of nitro benzene ring substituents is 1.